The molecule has 0 spiro atoms. The van der Waals surface area contributed by atoms with Gasteiger partial charge >= 0.3 is 5.69 Å². The minimum Gasteiger partial charge on any atom is -0.338 e. The number of halogens is 1. The van der Waals surface area contributed by atoms with Crippen molar-refractivity contribution in [1.82, 2.24) is 19.2 Å². The van der Waals surface area contributed by atoms with Gasteiger partial charge in [-0.15, -0.1) is 0 Å². The number of carbonyl (C=O) groups excluding carboxylic acids is 1. The Morgan fingerprint density at radius 2 is 1.82 bits per heavy atom. The monoisotopic (exact) mass is 396 g/mol. The quantitative estimate of drug-likeness (QED) is 0.682. The van der Waals surface area contributed by atoms with Gasteiger partial charge in [-0.2, -0.15) is 5.10 Å². The Hall–Kier alpha value is -2.86. The Balaban J connectivity index is 1.66. The maximum atomic E-state index is 13.0. The lowest BCUT2D eigenvalue weighted by Gasteiger charge is -2.32. The van der Waals surface area contributed by atoms with E-state index in [0.29, 0.717) is 29.5 Å². The molecule has 2 aromatic carbocycles. The molecule has 28 heavy (non-hydrogen) atoms. The van der Waals surface area contributed by atoms with Crippen LogP contribution in [0.3, 0.4) is 0 Å². The fourth-order valence-electron chi connectivity index (χ4n) is 3.75. The van der Waals surface area contributed by atoms with Crippen molar-refractivity contribution in [3.63, 3.8) is 0 Å². The largest absolute Gasteiger partial charge is 0.350 e. The SMILES string of the molecule is Cn1nc([C@@H]2CCCN(C(=O)c3ccccc3Cl)C2)n(-c2ccccc2)c1=O. The zero-order valence-corrected chi connectivity index (χ0v) is 16.3. The van der Waals surface area contributed by atoms with Crippen molar-refractivity contribution in [3.8, 4) is 5.69 Å². The summed E-state index contributed by atoms with van der Waals surface area (Å²) in [5.41, 5.74) is 1.10. The van der Waals surface area contributed by atoms with Crippen LogP contribution in [0.15, 0.2) is 59.4 Å². The second kappa shape index (κ2) is 7.64. The van der Waals surface area contributed by atoms with E-state index in [9.17, 15) is 9.59 Å². The van der Waals surface area contributed by atoms with Crippen LogP contribution >= 0.6 is 11.6 Å². The topological polar surface area (TPSA) is 60.1 Å². The van der Waals surface area contributed by atoms with Crippen LogP contribution in [0.25, 0.3) is 5.69 Å². The van der Waals surface area contributed by atoms with Crippen molar-refractivity contribution in [1.29, 1.82) is 0 Å². The van der Waals surface area contributed by atoms with E-state index >= 15 is 0 Å². The van der Waals surface area contributed by atoms with Crippen LogP contribution in [-0.2, 0) is 7.05 Å². The smallest absolute Gasteiger partial charge is 0.338 e. The van der Waals surface area contributed by atoms with E-state index in [1.807, 2.05) is 47.4 Å². The average Bonchev–Trinajstić information content (AvgIpc) is 3.03. The van der Waals surface area contributed by atoms with Gasteiger partial charge in [-0.05, 0) is 37.1 Å². The molecule has 1 fully saturated rings. The maximum Gasteiger partial charge on any atom is 0.350 e. The summed E-state index contributed by atoms with van der Waals surface area (Å²) >= 11 is 6.21. The molecule has 1 aliphatic heterocycles. The van der Waals surface area contributed by atoms with Gasteiger partial charge in [0.25, 0.3) is 5.91 Å². The highest BCUT2D eigenvalue weighted by Crippen LogP contribution is 2.28. The second-order valence-electron chi connectivity index (χ2n) is 7.01. The number of benzene rings is 2. The molecule has 0 N–H and O–H groups in total. The standard InChI is InChI=1S/C21H21ClN4O2/c1-24-21(28)26(16-9-3-2-4-10-16)19(23-24)15-8-7-13-25(14-15)20(27)17-11-5-6-12-18(17)22/h2-6,9-12,15H,7-8,13-14H2,1H3/t15-/m1/s1. The molecule has 7 heteroatoms. The summed E-state index contributed by atoms with van der Waals surface area (Å²) in [6.07, 6.45) is 1.72. The highest BCUT2D eigenvalue weighted by Gasteiger charge is 2.30. The minimum absolute atomic E-state index is 0.0192. The fraction of sp³-hybridized carbons (Fsp3) is 0.286. The number of likely N-dealkylation sites (tertiary alicyclic amines) is 1. The van der Waals surface area contributed by atoms with Crippen molar-refractivity contribution < 1.29 is 4.79 Å². The summed E-state index contributed by atoms with van der Waals surface area (Å²) < 4.78 is 3.01. The summed E-state index contributed by atoms with van der Waals surface area (Å²) in [5, 5.41) is 4.95. The Bertz CT molecular complexity index is 1060. The Morgan fingerprint density at radius 1 is 1.11 bits per heavy atom. The number of rotatable bonds is 3. The van der Waals surface area contributed by atoms with Gasteiger partial charge in [-0.25, -0.2) is 14.0 Å². The molecule has 1 atom stereocenters. The van der Waals surface area contributed by atoms with Crippen LogP contribution in [0.4, 0.5) is 0 Å². The number of para-hydroxylation sites is 1. The highest BCUT2D eigenvalue weighted by atomic mass is 35.5. The van der Waals surface area contributed by atoms with Gasteiger partial charge < -0.3 is 4.90 Å². The van der Waals surface area contributed by atoms with Crippen molar-refractivity contribution >= 4 is 17.5 Å². The third kappa shape index (κ3) is 3.36. The Morgan fingerprint density at radius 3 is 2.57 bits per heavy atom. The molecule has 0 unspecified atom stereocenters. The van der Waals surface area contributed by atoms with E-state index in [4.69, 9.17) is 11.6 Å². The molecule has 0 aliphatic carbocycles. The summed E-state index contributed by atoms with van der Waals surface area (Å²) in [6, 6.07) is 16.6. The van der Waals surface area contributed by atoms with Gasteiger partial charge in [0.15, 0.2) is 0 Å². The number of hydrogen-bond donors (Lipinski definition) is 0. The lowest BCUT2D eigenvalue weighted by Crippen LogP contribution is -2.40. The first-order chi connectivity index (χ1) is 13.6. The normalized spacial score (nSPS) is 16.9. The average molecular weight is 397 g/mol. The number of aryl methyl sites for hydroxylation is 1. The van der Waals surface area contributed by atoms with Crippen LogP contribution in [0.2, 0.25) is 5.02 Å². The summed E-state index contributed by atoms with van der Waals surface area (Å²) in [6.45, 7) is 1.18. The molecule has 0 saturated carbocycles. The lowest BCUT2D eigenvalue weighted by atomic mass is 9.96. The molecular weight excluding hydrogens is 376 g/mol. The number of nitrogens with zero attached hydrogens (tertiary/aromatic N) is 4. The number of piperidine rings is 1. The molecule has 1 saturated heterocycles. The molecule has 4 rings (SSSR count). The van der Waals surface area contributed by atoms with Crippen molar-refractivity contribution in [2.45, 2.75) is 18.8 Å². The highest BCUT2D eigenvalue weighted by molar-refractivity contribution is 6.33. The van der Waals surface area contributed by atoms with Gasteiger partial charge in [-0.1, -0.05) is 41.9 Å². The molecule has 3 aromatic rings. The molecular formula is C21H21ClN4O2. The van der Waals surface area contributed by atoms with E-state index in [-0.39, 0.29) is 17.5 Å². The first-order valence-corrected chi connectivity index (χ1v) is 9.69. The molecule has 1 aromatic heterocycles. The second-order valence-corrected chi connectivity index (χ2v) is 7.41. The summed E-state index contributed by atoms with van der Waals surface area (Å²) in [5.74, 6) is 0.587. The van der Waals surface area contributed by atoms with Gasteiger partial charge in [0.05, 0.1) is 16.3 Å². The molecule has 1 aliphatic rings. The molecule has 0 radical (unpaired) electrons. The first-order valence-electron chi connectivity index (χ1n) is 9.31. The first kappa shape index (κ1) is 18.5. The molecule has 0 bridgehead atoms. The lowest BCUT2D eigenvalue weighted by molar-refractivity contribution is 0.0704. The summed E-state index contributed by atoms with van der Waals surface area (Å²) in [7, 11) is 1.65. The zero-order chi connectivity index (χ0) is 19.7. The predicted octanol–water partition coefficient (Wildman–Crippen LogP) is 3.24. The van der Waals surface area contributed by atoms with Gasteiger partial charge in [0.2, 0.25) is 0 Å². The van der Waals surface area contributed by atoms with Crippen LogP contribution in [0.5, 0.6) is 0 Å². The molecule has 144 valence electrons. The minimum atomic E-state index is -0.184. The number of carbonyl (C=O) groups is 1. The predicted molar refractivity (Wildman–Crippen MR) is 108 cm³/mol. The van der Waals surface area contributed by atoms with E-state index in [1.165, 1.54) is 4.68 Å². The Labute approximate surface area is 168 Å². The zero-order valence-electron chi connectivity index (χ0n) is 15.6. The van der Waals surface area contributed by atoms with Crippen molar-refractivity contribution in [2.75, 3.05) is 13.1 Å². The van der Waals surface area contributed by atoms with Crippen LogP contribution < -0.4 is 5.69 Å². The van der Waals surface area contributed by atoms with E-state index in [1.54, 1.807) is 23.7 Å². The third-order valence-electron chi connectivity index (χ3n) is 5.14. The number of hydrogen-bond acceptors (Lipinski definition) is 3. The van der Waals surface area contributed by atoms with E-state index < -0.39 is 0 Å². The van der Waals surface area contributed by atoms with Crippen LogP contribution in [-0.4, -0.2) is 38.2 Å². The van der Waals surface area contributed by atoms with Gasteiger partial charge in [0, 0.05) is 26.1 Å². The van der Waals surface area contributed by atoms with Crippen molar-refractivity contribution in [2.24, 2.45) is 7.05 Å². The van der Waals surface area contributed by atoms with Gasteiger partial charge in [-0.3, -0.25) is 4.79 Å². The maximum absolute atomic E-state index is 13.0. The number of aromatic nitrogens is 3. The van der Waals surface area contributed by atoms with Crippen LogP contribution in [0, 0.1) is 0 Å². The Kier molecular flexibility index (Phi) is 5.05. The van der Waals surface area contributed by atoms with E-state index in [2.05, 4.69) is 5.10 Å². The molecule has 6 nitrogen and oxygen atoms in total. The summed E-state index contributed by atoms with van der Waals surface area (Å²) in [4.78, 5) is 27.5. The molecule has 1 amide bonds. The third-order valence-corrected chi connectivity index (χ3v) is 5.47. The van der Waals surface area contributed by atoms with Crippen LogP contribution in [0.1, 0.15) is 34.9 Å². The van der Waals surface area contributed by atoms with Gasteiger partial charge in [0.1, 0.15) is 5.82 Å². The molecule has 2 heterocycles. The van der Waals surface area contributed by atoms with E-state index in [0.717, 1.165) is 18.5 Å². The van der Waals surface area contributed by atoms with Crippen molar-refractivity contribution in [3.05, 3.63) is 81.5 Å². The fourth-order valence-corrected chi connectivity index (χ4v) is 3.96. The number of amides is 1.